The van der Waals surface area contributed by atoms with Crippen molar-refractivity contribution in [2.45, 2.75) is 20.3 Å². The molecule has 1 nitrogen and oxygen atoms in total. The van der Waals surface area contributed by atoms with Crippen LogP contribution in [0.2, 0.25) is 0 Å². The van der Waals surface area contributed by atoms with Gasteiger partial charge in [0.15, 0.2) is 0 Å². The predicted octanol–water partition coefficient (Wildman–Crippen LogP) is 3.30. The summed E-state index contributed by atoms with van der Waals surface area (Å²) < 4.78 is 0. The molecule has 1 aromatic rings. The van der Waals surface area contributed by atoms with Crippen LogP contribution in [0.25, 0.3) is 5.76 Å². The van der Waals surface area contributed by atoms with Crippen LogP contribution in [0.1, 0.15) is 24.5 Å². The van der Waals surface area contributed by atoms with Crippen LogP contribution in [0.5, 0.6) is 0 Å². The molecule has 1 N–H and O–H groups in total. The van der Waals surface area contributed by atoms with Gasteiger partial charge in [0, 0.05) is 5.56 Å². The van der Waals surface area contributed by atoms with Gasteiger partial charge in [0.2, 0.25) is 0 Å². The van der Waals surface area contributed by atoms with E-state index in [1.807, 2.05) is 44.2 Å². The van der Waals surface area contributed by atoms with Gasteiger partial charge in [0.05, 0.1) is 0 Å². The lowest BCUT2D eigenvalue weighted by molar-refractivity contribution is 0.509. The van der Waals surface area contributed by atoms with Crippen molar-refractivity contribution in [1.29, 1.82) is 0 Å². The van der Waals surface area contributed by atoms with Gasteiger partial charge in [-0.2, -0.15) is 0 Å². The smallest absolute Gasteiger partial charge is 0.118 e. The Morgan fingerprint density at radius 2 is 2.25 bits per heavy atom. The lowest BCUT2D eigenvalue weighted by atomic mass is 10.1. The minimum absolute atomic E-state index is 0.376. The van der Waals surface area contributed by atoms with E-state index in [1.54, 1.807) is 0 Å². The molecule has 0 aliphatic carbocycles. The molecule has 0 aromatic heterocycles. The van der Waals surface area contributed by atoms with Crippen LogP contribution in [0.3, 0.4) is 0 Å². The Kier molecular flexibility index (Phi) is 2.92. The number of aliphatic hydroxyl groups excluding tert-OH is 1. The summed E-state index contributed by atoms with van der Waals surface area (Å²) in [6, 6.07) is 7.85. The average Bonchev–Trinajstić information content (AvgIpc) is 2.05. The molecular weight excluding hydrogens is 148 g/mol. The Morgan fingerprint density at radius 1 is 1.50 bits per heavy atom. The normalized spacial score (nSPS) is 11.7. The summed E-state index contributed by atoms with van der Waals surface area (Å²) in [6.07, 6.45) is 2.68. The maximum Gasteiger partial charge on any atom is 0.118 e. The van der Waals surface area contributed by atoms with Crippen LogP contribution >= 0.6 is 0 Å². The first-order valence-corrected chi connectivity index (χ1v) is 4.20. The van der Waals surface area contributed by atoms with Crippen molar-refractivity contribution in [2.75, 3.05) is 0 Å². The molecule has 0 spiro atoms. The van der Waals surface area contributed by atoms with E-state index in [0.717, 1.165) is 12.0 Å². The number of hydrogen-bond donors (Lipinski definition) is 1. The summed E-state index contributed by atoms with van der Waals surface area (Å²) in [7, 11) is 0. The first kappa shape index (κ1) is 8.85. The van der Waals surface area contributed by atoms with E-state index in [2.05, 4.69) is 0 Å². The molecule has 0 aliphatic rings. The van der Waals surface area contributed by atoms with E-state index in [-0.39, 0.29) is 0 Å². The maximum absolute atomic E-state index is 9.51. The molecule has 0 atom stereocenters. The fourth-order valence-corrected chi connectivity index (χ4v) is 1.12. The van der Waals surface area contributed by atoms with Crippen LogP contribution in [0.15, 0.2) is 30.3 Å². The highest BCUT2D eigenvalue weighted by Crippen LogP contribution is 2.12. The van der Waals surface area contributed by atoms with Crippen molar-refractivity contribution >= 4 is 5.76 Å². The molecule has 0 unspecified atom stereocenters. The number of aryl methyl sites for hydroxylation is 1. The lowest BCUT2D eigenvalue weighted by Crippen LogP contribution is -1.83. The second-order valence-corrected chi connectivity index (χ2v) is 2.87. The number of hydrogen-bond acceptors (Lipinski definition) is 1. The second-order valence-electron chi connectivity index (χ2n) is 2.87. The minimum Gasteiger partial charge on any atom is -0.508 e. The molecule has 1 heteroatoms. The highest BCUT2D eigenvalue weighted by Gasteiger charge is 1.96. The maximum atomic E-state index is 9.51. The van der Waals surface area contributed by atoms with Crippen LogP contribution in [-0.2, 0) is 0 Å². The standard InChI is InChI=1S/C11H14O/c1-3-5-11(12)10-7-4-6-9(2)8-10/h4-8,12H,3H2,1-2H3. The summed E-state index contributed by atoms with van der Waals surface area (Å²) >= 11 is 0. The largest absolute Gasteiger partial charge is 0.508 e. The van der Waals surface area contributed by atoms with Gasteiger partial charge in [-0.1, -0.05) is 30.7 Å². The van der Waals surface area contributed by atoms with Gasteiger partial charge in [0.1, 0.15) is 5.76 Å². The molecule has 0 fully saturated rings. The Hall–Kier alpha value is -1.24. The predicted molar refractivity (Wildman–Crippen MR) is 52.1 cm³/mol. The average molecular weight is 162 g/mol. The zero-order chi connectivity index (χ0) is 8.97. The Balaban J connectivity index is 2.95. The molecule has 64 valence electrons. The number of rotatable bonds is 2. The summed E-state index contributed by atoms with van der Waals surface area (Å²) in [5, 5.41) is 9.51. The quantitative estimate of drug-likeness (QED) is 0.661. The highest BCUT2D eigenvalue weighted by molar-refractivity contribution is 5.58. The molecular formula is C11H14O. The SMILES string of the molecule is CCC=C(O)c1cccc(C)c1. The third-order valence-corrected chi connectivity index (χ3v) is 1.71. The molecule has 12 heavy (non-hydrogen) atoms. The van der Waals surface area contributed by atoms with Crippen molar-refractivity contribution in [3.63, 3.8) is 0 Å². The van der Waals surface area contributed by atoms with Gasteiger partial charge in [-0.25, -0.2) is 0 Å². The van der Waals surface area contributed by atoms with Gasteiger partial charge >= 0.3 is 0 Å². The van der Waals surface area contributed by atoms with Gasteiger partial charge in [-0.05, 0) is 25.5 Å². The molecule has 0 bridgehead atoms. The third kappa shape index (κ3) is 2.12. The van der Waals surface area contributed by atoms with Crippen LogP contribution in [-0.4, -0.2) is 5.11 Å². The van der Waals surface area contributed by atoms with Crippen molar-refractivity contribution in [1.82, 2.24) is 0 Å². The zero-order valence-corrected chi connectivity index (χ0v) is 7.54. The van der Waals surface area contributed by atoms with Crippen molar-refractivity contribution in [2.24, 2.45) is 0 Å². The van der Waals surface area contributed by atoms with E-state index in [9.17, 15) is 5.11 Å². The van der Waals surface area contributed by atoms with Gasteiger partial charge in [-0.15, -0.1) is 0 Å². The fourth-order valence-electron chi connectivity index (χ4n) is 1.12. The molecule has 0 amide bonds. The van der Waals surface area contributed by atoms with E-state index < -0.39 is 0 Å². The second kappa shape index (κ2) is 3.96. The Labute approximate surface area is 73.4 Å². The van der Waals surface area contributed by atoms with Gasteiger partial charge < -0.3 is 5.11 Å². The van der Waals surface area contributed by atoms with E-state index in [0.29, 0.717) is 5.76 Å². The molecule has 1 aromatic carbocycles. The van der Waals surface area contributed by atoms with Crippen LogP contribution in [0, 0.1) is 6.92 Å². The first-order valence-electron chi connectivity index (χ1n) is 4.20. The van der Waals surface area contributed by atoms with Crippen molar-refractivity contribution in [3.8, 4) is 0 Å². The van der Waals surface area contributed by atoms with E-state index >= 15 is 0 Å². The minimum atomic E-state index is 0.376. The van der Waals surface area contributed by atoms with E-state index in [4.69, 9.17) is 0 Å². The summed E-state index contributed by atoms with van der Waals surface area (Å²) in [5.41, 5.74) is 2.07. The Bertz CT molecular complexity index is 287. The molecule has 1 rings (SSSR count). The number of benzene rings is 1. The van der Waals surface area contributed by atoms with Crippen molar-refractivity contribution < 1.29 is 5.11 Å². The first-order chi connectivity index (χ1) is 5.74. The molecule has 0 saturated carbocycles. The molecule has 0 aliphatic heterocycles. The van der Waals surface area contributed by atoms with Gasteiger partial charge in [0.25, 0.3) is 0 Å². The summed E-state index contributed by atoms with van der Waals surface area (Å²) in [4.78, 5) is 0. The number of allylic oxidation sites excluding steroid dienone is 1. The number of aliphatic hydroxyl groups is 1. The Morgan fingerprint density at radius 3 is 2.83 bits per heavy atom. The molecule has 0 heterocycles. The topological polar surface area (TPSA) is 20.2 Å². The zero-order valence-electron chi connectivity index (χ0n) is 7.54. The molecule has 0 radical (unpaired) electrons. The van der Waals surface area contributed by atoms with Crippen LogP contribution < -0.4 is 0 Å². The van der Waals surface area contributed by atoms with E-state index in [1.165, 1.54) is 5.56 Å². The van der Waals surface area contributed by atoms with Gasteiger partial charge in [-0.3, -0.25) is 0 Å². The highest BCUT2D eigenvalue weighted by atomic mass is 16.3. The van der Waals surface area contributed by atoms with Crippen LogP contribution in [0.4, 0.5) is 0 Å². The lowest BCUT2D eigenvalue weighted by Gasteiger charge is -2.00. The molecule has 0 saturated heterocycles. The summed E-state index contributed by atoms with van der Waals surface area (Å²) in [6.45, 7) is 4.02. The third-order valence-electron chi connectivity index (χ3n) is 1.71. The van der Waals surface area contributed by atoms with Crippen molar-refractivity contribution in [3.05, 3.63) is 41.5 Å². The monoisotopic (exact) mass is 162 g/mol. The summed E-state index contributed by atoms with van der Waals surface area (Å²) in [5.74, 6) is 0.376. The fraction of sp³-hybridized carbons (Fsp3) is 0.273.